The van der Waals surface area contributed by atoms with Gasteiger partial charge in [-0.3, -0.25) is 4.90 Å². The van der Waals surface area contributed by atoms with Gasteiger partial charge in [0.05, 0.1) is 6.10 Å². The molecule has 0 spiro atoms. The zero-order valence-electron chi connectivity index (χ0n) is 16.6. The Bertz CT molecular complexity index is 651. The van der Waals surface area contributed by atoms with Crippen molar-refractivity contribution in [2.24, 2.45) is 0 Å². The molecule has 1 unspecified atom stereocenters. The number of ether oxygens (including phenoxy) is 1. The molecular formula is C24H33NO. The Morgan fingerprint density at radius 1 is 0.962 bits per heavy atom. The van der Waals surface area contributed by atoms with Crippen molar-refractivity contribution in [2.75, 3.05) is 19.7 Å². The van der Waals surface area contributed by atoms with Gasteiger partial charge in [0.1, 0.15) is 0 Å². The van der Waals surface area contributed by atoms with Gasteiger partial charge in [0.15, 0.2) is 0 Å². The molecule has 0 saturated carbocycles. The highest BCUT2D eigenvalue weighted by molar-refractivity contribution is 5.27. The third-order valence-corrected chi connectivity index (χ3v) is 5.27. The van der Waals surface area contributed by atoms with Gasteiger partial charge >= 0.3 is 0 Å². The van der Waals surface area contributed by atoms with Crippen molar-refractivity contribution < 1.29 is 4.74 Å². The standard InChI is InChI=1S/C24H33NO/c1-24(2,3)22-13-11-21(12-14-22)18-25(19-23-10-7-17-26-23)16-15-20-8-5-4-6-9-20/h4-6,8-9,11-14,23H,7,10,15-19H2,1-3H3. The van der Waals surface area contributed by atoms with Crippen molar-refractivity contribution in [2.45, 2.75) is 58.1 Å². The van der Waals surface area contributed by atoms with Crippen molar-refractivity contribution >= 4 is 0 Å². The van der Waals surface area contributed by atoms with Gasteiger partial charge in [0.25, 0.3) is 0 Å². The quantitative estimate of drug-likeness (QED) is 0.679. The van der Waals surface area contributed by atoms with Crippen molar-refractivity contribution in [3.8, 4) is 0 Å². The van der Waals surface area contributed by atoms with Crippen molar-refractivity contribution in [3.63, 3.8) is 0 Å². The Labute approximate surface area is 159 Å². The van der Waals surface area contributed by atoms with E-state index >= 15 is 0 Å². The van der Waals surface area contributed by atoms with E-state index in [0.717, 1.165) is 32.7 Å². The van der Waals surface area contributed by atoms with Crippen LogP contribution in [0.5, 0.6) is 0 Å². The highest BCUT2D eigenvalue weighted by atomic mass is 16.5. The molecule has 0 aliphatic carbocycles. The molecule has 1 aliphatic rings. The van der Waals surface area contributed by atoms with Crippen molar-refractivity contribution in [3.05, 3.63) is 71.3 Å². The van der Waals surface area contributed by atoms with Crippen LogP contribution < -0.4 is 0 Å². The second kappa shape index (κ2) is 8.83. The lowest BCUT2D eigenvalue weighted by Crippen LogP contribution is -2.33. The monoisotopic (exact) mass is 351 g/mol. The molecule has 0 N–H and O–H groups in total. The van der Waals surface area contributed by atoms with Gasteiger partial charge in [-0.2, -0.15) is 0 Å². The first-order chi connectivity index (χ1) is 12.5. The van der Waals surface area contributed by atoms with E-state index in [0.29, 0.717) is 6.10 Å². The minimum atomic E-state index is 0.212. The fourth-order valence-corrected chi connectivity index (χ4v) is 3.61. The predicted octanol–water partition coefficient (Wildman–Crippen LogP) is 5.21. The van der Waals surface area contributed by atoms with Crippen LogP contribution in [0, 0.1) is 0 Å². The summed E-state index contributed by atoms with van der Waals surface area (Å²) >= 11 is 0. The van der Waals surface area contributed by atoms with E-state index in [4.69, 9.17) is 4.74 Å². The van der Waals surface area contributed by atoms with E-state index in [1.807, 2.05) is 0 Å². The summed E-state index contributed by atoms with van der Waals surface area (Å²) in [4.78, 5) is 2.56. The summed E-state index contributed by atoms with van der Waals surface area (Å²) in [5.41, 5.74) is 4.41. The van der Waals surface area contributed by atoms with E-state index in [1.165, 1.54) is 29.5 Å². The van der Waals surface area contributed by atoms with Gasteiger partial charge in [-0.1, -0.05) is 75.4 Å². The van der Waals surface area contributed by atoms with E-state index in [-0.39, 0.29) is 5.41 Å². The summed E-state index contributed by atoms with van der Waals surface area (Å²) in [6.07, 6.45) is 3.90. The summed E-state index contributed by atoms with van der Waals surface area (Å²) < 4.78 is 5.90. The molecule has 1 atom stereocenters. The molecule has 2 nitrogen and oxygen atoms in total. The van der Waals surface area contributed by atoms with Crippen LogP contribution in [0.4, 0.5) is 0 Å². The molecule has 2 aromatic carbocycles. The molecule has 26 heavy (non-hydrogen) atoms. The van der Waals surface area contributed by atoms with Gasteiger partial charge in [0, 0.05) is 26.2 Å². The zero-order chi connectivity index (χ0) is 18.4. The first-order valence-electron chi connectivity index (χ1n) is 9.98. The Balaban J connectivity index is 1.64. The molecule has 0 bridgehead atoms. The van der Waals surface area contributed by atoms with Gasteiger partial charge in [-0.15, -0.1) is 0 Å². The molecule has 1 aliphatic heterocycles. The summed E-state index contributed by atoms with van der Waals surface area (Å²) in [6, 6.07) is 20.0. The molecule has 0 aromatic heterocycles. The van der Waals surface area contributed by atoms with E-state index in [9.17, 15) is 0 Å². The summed E-state index contributed by atoms with van der Waals surface area (Å²) in [5, 5.41) is 0. The number of nitrogens with zero attached hydrogens (tertiary/aromatic N) is 1. The van der Waals surface area contributed by atoms with Crippen LogP contribution >= 0.6 is 0 Å². The second-order valence-electron chi connectivity index (χ2n) is 8.55. The summed E-state index contributed by atoms with van der Waals surface area (Å²) in [5.74, 6) is 0. The summed E-state index contributed by atoms with van der Waals surface area (Å²) in [6.45, 7) is 10.8. The third-order valence-electron chi connectivity index (χ3n) is 5.27. The van der Waals surface area contributed by atoms with Crippen LogP contribution in [0.1, 0.15) is 50.3 Å². The maximum absolute atomic E-state index is 5.90. The minimum absolute atomic E-state index is 0.212. The molecule has 1 fully saturated rings. The lowest BCUT2D eigenvalue weighted by atomic mass is 9.87. The van der Waals surface area contributed by atoms with E-state index in [1.54, 1.807) is 0 Å². The topological polar surface area (TPSA) is 12.5 Å². The van der Waals surface area contributed by atoms with Crippen molar-refractivity contribution in [1.82, 2.24) is 4.90 Å². The SMILES string of the molecule is CC(C)(C)c1ccc(CN(CCc2ccccc2)CC2CCCO2)cc1. The average molecular weight is 352 g/mol. The van der Waals surface area contributed by atoms with E-state index < -0.39 is 0 Å². The molecule has 0 radical (unpaired) electrons. The Hall–Kier alpha value is -1.64. The number of hydrogen-bond acceptors (Lipinski definition) is 2. The van der Waals surface area contributed by atoms with Gasteiger partial charge in [0.2, 0.25) is 0 Å². The molecule has 0 amide bonds. The Kier molecular flexibility index (Phi) is 6.50. The molecule has 1 heterocycles. The maximum atomic E-state index is 5.90. The Morgan fingerprint density at radius 3 is 2.31 bits per heavy atom. The van der Waals surface area contributed by atoms with Crippen LogP contribution in [0.25, 0.3) is 0 Å². The number of benzene rings is 2. The maximum Gasteiger partial charge on any atom is 0.0702 e. The lowest BCUT2D eigenvalue weighted by molar-refractivity contribution is 0.0709. The van der Waals surface area contributed by atoms with Crippen LogP contribution in [-0.4, -0.2) is 30.7 Å². The Morgan fingerprint density at radius 2 is 1.69 bits per heavy atom. The van der Waals surface area contributed by atoms with Gasteiger partial charge in [-0.25, -0.2) is 0 Å². The first kappa shape index (κ1) is 19.1. The van der Waals surface area contributed by atoms with Crippen LogP contribution in [0.3, 0.4) is 0 Å². The fourth-order valence-electron chi connectivity index (χ4n) is 3.61. The molecule has 3 rings (SSSR count). The van der Waals surface area contributed by atoms with Gasteiger partial charge in [-0.05, 0) is 41.4 Å². The summed E-state index contributed by atoms with van der Waals surface area (Å²) in [7, 11) is 0. The third kappa shape index (κ3) is 5.69. The second-order valence-corrected chi connectivity index (χ2v) is 8.55. The predicted molar refractivity (Wildman–Crippen MR) is 110 cm³/mol. The molecule has 140 valence electrons. The average Bonchev–Trinajstić information content (AvgIpc) is 3.13. The molecular weight excluding hydrogens is 318 g/mol. The first-order valence-corrected chi connectivity index (χ1v) is 9.98. The van der Waals surface area contributed by atoms with Crippen LogP contribution in [-0.2, 0) is 23.1 Å². The minimum Gasteiger partial charge on any atom is -0.377 e. The smallest absolute Gasteiger partial charge is 0.0702 e. The van der Waals surface area contributed by atoms with Gasteiger partial charge < -0.3 is 4.74 Å². The largest absolute Gasteiger partial charge is 0.377 e. The van der Waals surface area contributed by atoms with E-state index in [2.05, 4.69) is 80.3 Å². The zero-order valence-corrected chi connectivity index (χ0v) is 16.6. The molecule has 2 aromatic rings. The highest BCUT2D eigenvalue weighted by Gasteiger charge is 2.20. The fraction of sp³-hybridized carbons (Fsp3) is 0.500. The normalized spacial score (nSPS) is 17.8. The molecule has 1 saturated heterocycles. The van der Waals surface area contributed by atoms with Crippen molar-refractivity contribution in [1.29, 1.82) is 0 Å². The molecule has 2 heteroatoms. The number of hydrogen-bond donors (Lipinski definition) is 0. The highest BCUT2D eigenvalue weighted by Crippen LogP contribution is 2.23. The van der Waals surface area contributed by atoms with Crippen LogP contribution in [0.15, 0.2) is 54.6 Å². The van der Waals surface area contributed by atoms with Crippen LogP contribution in [0.2, 0.25) is 0 Å². The number of rotatable bonds is 7. The lowest BCUT2D eigenvalue weighted by Gasteiger charge is -2.26.